The van der Waals surface area contributed by atoms with Crippen LogP contribution in [0.5, 0.6) is 0 Å². The molecule has 1 N–H and O–H groups in total. The smallest absolute Gasteiger partial charge is 0.252 e. The van der Waals surface area contributed by atoms with Gasteiger partial charge in [-0.25, -0.2) is 12.8 Å². The maximum atomic E-state index is 12.9. The number of sulfonamides is 1. The monoisotopic (exact) mass is 392 g/mol. The molecule has 0 spiro atoms. The third-order valence-electron chi connectivity index (χ3n) is 4.33. The summed E-state index contributed by atoms with van der Waals surface area (Å²) in [6.07, 6.45) is 0.518. The van der Waals surface area contributed by atoms with E-state index in [9.17, 15) is 17.6 Å². The van der Waals surface area contributed by atoms with E-state index in [1.807, 2.05) is 0 Å². The van der Waals surface area contributed by atoms with Gasteiger partial charge in [-0.1, -0.05) is 24.3 Å². The number of hydrogen-bond donors (Lipinski definition) is 1. The normalized spacial score (nSPS) is 15.4. The number of benzene rings is 2. The van der Waals surface area contributed by atoms with E-state index in [-0.39, 0.29) is 29.4 Å². The summed E-state index contributed by atoms with van der Waals surface area (Å²) in [7, 11) is -3.77. The van der Waals surface area contributed by atoms with Crippen LogP contribution in [-0.4, -0.2) is 51.5 Å². The lowest BCUT2D eigenvalue weighted by molar-refractivity contribution is 0.0730. The first kappa shape index (κ1) is 19.5. The van der Waals surface area contributed by atoms with Gasteiger partial charge < -0.3 is 10.1 Å². The third-order valence-corrected chi connectivity index (χ3v) is 6.29. The number of carbonyl (C=O) groups is 1. The van der Waals surface area contributed by atoms with Crippen molar-refractivity contribution in [1.82, 2.24) is 9.62 Å². The molecule has 1 amide bonds. The van der Waals surface area contributed by atoms with E-state index in [2.05, 4.69) is 5.32 Å². The van der Waals surface area contributed by atoms with E-state index in [0.717, 1.165) is 5.56 Å². The Kier molecular flexibility index (Phi) is 6.20. The summed E-state index contributed by atoms with van der Waals surface area (Å²) in [6.45, 7) is 1.53. The summed E-state index contributed by atoms with van der Waals surface area (Å²) in [5, 5.41) is 2.74. The van der Waals surface area contributed by atoms with E-state index in [0.29, 0.717) is 26.2 Å². The Balaban J connectivity index is 1.70. The predicted molar refractivity (Wildman–Crippen MR) is 98.5 cm³/mol. The summed E-state index contributed by atoms with van der Waals surface area (Å²) >= 11 is 0. The molecule has 0 aromatic heterocycles. The van der Waals surface area contributed by atoms with Gasteiger partial charge in [0.1, 0.15) is 5.82 Å². The van der Waals surface area contributed by atoms with Gasteiger partial charge in [0.2, 0.25) is 10.0 Å². The Morgan fingerprint density at radius 2 is 1.74 bits per heavy atom. The van der Waals surface area contributed by atoms with Crippen LogP contribution in [0.1, 0.15) is 15.9 Å². The lowest BCUT2D eigenvalue weighted by atomic mass is 10.1. The van der Waals surface area contributed by atoms with Crippen molar-refractivity contribution in [3.63, 3.8) is 0 Å². The Morgan fingerprint density at radius 1 is 1.07 bits per heavy atom. The van der Waals surface area contributed by atoms with E-state index in [1.165, 1.54) is 28.6 Å². The summed E-state index contributed by atoms with van der Waals surface area (Å²) < 4.78 is 45.3. The molecular weight excluding hydrogens is 371 g/mol. The zero-order valence-electron chi connectivity index (χ0n) is 14.7. The average molecular weight is 392 g/mol. The largest absolute Gasteiger partial charge is 0.379 e. The van der Waals surface area contributed by atoms with Crippen molar-refractivity contribution < 1.29 is 22.3 Å². The lowest BCUT2D eigenvalue weighted by Crippen LogP contribution is -2.41. The van der Waals surface area contributed by atoms with Crippen LogP contribution in [0, 0.1) is 5.82 Å². The molecule has 0 saturated carbocycles. The minimum atomic E-state index is -3.77. The highest BCUT2D eigenvalue weighted by Crippen LogP contribution is 2.21. The first-order chi connectivity index (χ1) is 13.0. The molecule has 1 aliphatic rings. The summed E-state index contributed by atoms with van der Waals surface area (Å²) in [4.78, 5) is 12.6. The maximum absolute atomic E-state index is 12.9. The molecule has 1 saturated heterocycles. The second-order valence-corrected chi connectivity index (χ2v) is 8.05. The fourth-order valence-corrected chi connectivity index (χ4v) is 4.47. The molecule has 27 heavy (non-hydrogen) atoms. The fourth-order valence-electron chi connectivity index (χ4n) is 2.87. The van der Waals surface area contributed by atoms with Crippen LogP contribution in [-0.2, 0) is 21.2 Å². The summed E-state index contributed by atoms with van der Waals surface area (Å²) in [6, 6.07) is 12.2. The highest BCUT2D eigenvalue weighted by atomic mass is 32.2. The standard InChI is InChI=1S/C19H21FN2O4S/c20-16-7-5-15(6-8-16)9-10-21-19(23)17-3-1-2-4-18(17)27(24,25)22-11-13-26-14-12-22/h1-8H,9-14H2,(H,21,23). The van der Waals surface area contributed by atoms with Gasteiger partial charge >= 0.3 is 0 Å². The van der Waals surface area contributed by atoms with Gasteiger partial charge in [0.25, 0.3) is 5.91 Å². The predicted octanol–water partition coefficient (Wildman–Crippen LogP) is 1.82. The van der Waals surface area contributed by atoms with Crippen LogP contribution in [0.2, 0.25) is 0 Å². The van der Waals surface area contributed by atoms with Crippen LogP contribution in [0.25, 0.3) is 0 Å². The zero-order chi connectivity index (χ0) is 19.3. The molecule has 1 aliphatic heterocycles. The number of nitrogens with one attached hydrogen (secondary N) is 1. The first-order valence-corrected chi connectivity index (χ1v) is 10.1. The van der Waals surface area contributed by atoms with E-state index >= 15 is 0 Å². The Labute approximate surface area is 158 Å². The van der Waals surface area contributed by atoms with Gasteiger partial charge in [0.05, 0.1) is 23.7 Å². The molecule has 6 nitrogen and oxygen atoms in total. The SMILES string of the molecule is O=C(NCCc1ccc(F)cc1)c1ccccc1S(=O)(=O)N1CCOCC1. The van der Waals surface area contributed by atoms with Crippen molar-refractivity contribution in [2.45, 2.75) is 11.3 Å². The fraction of sp³-hybridized carbons (Fsp3) is 0.316. The molecule has 8 heteroatoms. The van der Waals surface area contributed by atoms with E-state index < -0.39 is 15.9 Å². The summed E-state index contributed by atoms with van der Waals surface area (Å²) in [5.74, 6) is -0.769. The quantitative estimate of drug-likeness (QED) is 0.814. The van der Waals surface area contributed by atoms with Gasteiger partial charge in [-0.2, -0.15) is 4.31 Å². The van der Waals surface area contributed by atoms with E-state index in [4.69, 9.17) is 4.74 Å². The van der Waals surface area contributed by atoms with Crippen molar-refractivity contribution in [2.24, 2.45) is 0 Å². The number of hydrogen-bond acceptors (Lipinski definition) is 4. The number of carbonyl (C=O) groups excluding carboxylic acids is 1. The number of ether oxygens (including phenoxy) is 1. The number of amides is 1. The van der Waals surface area contributed by atoms with Crippen molar-refractivity contribution in [3.05, 3.63) is 65.5 Å². The third kappa shape index (κ3) is 4.71. The molecule has 0 atom stereocenters. The Bertz CT molecular complexity index is 894. The highest BCUT2D eigenvalue weighted by molar-refractivity contribution is 7.89. The molecule has 2 aromatic carbocycles. The first-order valence-electron chi connectivity index (χ1n) is 8.68. The molecule has 1 heterocycles. The molecule has 144 valence electrons. The lowest BCUT2D eigenvalue weighted by Gasteiger charge is -2.26. The topological polar surface area (TPSA) is 75.7 Å². The van der Waals surface area contributed by atoms with E-state index in [1.54, 1.807) is 24.3 Å². The van der Waals surface area contributed by atoms with Gasteiger partial charge in [0, 0.05) is 19.6 Å². The summed E-state index contributed by atoms with van der Waals surface area (Å²) in [5.41, 5.74) is 0.994. The molecule has 2 aromatic rings. The molecule has 0 unspecified atom stereocenters. The molecule has 3 rings (SSSR count). The molecule has 0 aliphatic carbocycles. The van der Waals surface area contributed by atoms with Crippen molar-refractivity contribution in [3.8, 4) is 0 Å². The van der Waals surface area contributed by atoms with Gasteiger partial charge in [-0.15, -0.1) is 0 Å². The minimum absolute atomic E-state index is 0.00816. The van der Waals surface area contributed by atoms with Crippen molar-refractivity contribution in [2.75, 3.05) is 32.8 Å². The molecular formula is C19H21FN2O4S. The second kappa shape index (κ2) is 8.60. The average Bonchev–Trinajstić information content (AvgIpc) is 2.70. The zero-order valence-corrected chi connectivity index (χ0v) is 15.5. The van der Waals surface area contributed by atoms with Gasteiger partial charge in [-0.3, -0.25) is 4.79 Å². The number of rotatable bonds is 6. The Morgan fingerprint density at radius 3 is 2.44 bits per heavy atom. The minimum Gasteiger partial charge on any atom is -0.379 e. The van der Waals surface area contributed by atoms with Gasteiger partial charge in [-0.05, 0) is 36.2 Å². The maximum Gasteiger partial charge on any atom is 0.252 e. The van der Waals surface area contributed by atoms with Crippen LogP contribution < -0.4 is 5.32 Å². The number of morpholine rings is 1. The van der Waals surface area contributed by atoms with Crippen LogP contribution >= 0.6 is 0 Å². The molecule has 0 bridgehead atoms. The van der Waals surface area contributed by atoms with Crippen LogP contribution in [0.3, 0.4) is 0 Å². The number of nitrogens with zero attached hydrogens (tertiary/aromatic N) is 1. The van der Waals surface area contributed by atoms with Crippen LogP contribution in [0.4, 0.5) is 4.39 Å². The second-order valence-electron chi connectivity index (χ2n) is 6.14. The van der Waals surface area contributed by atoms with Crippen molar-refractivity contribution in [1.29, 1.82) is 0 Å². The molecule has 0 radical (unpaired) electrons. The van der Waals surface area contributed by atoms with Crippen molar-refractivity contribution >= 4 is 15.9 Å². The highest BCUT2D eigenvalue weighted by Gasteiger charge is 2.29. The van der Waals surface area contributed by atoms with Crippen LogP contribution in [0.15, 0.2) is 53.4 Å². The van der Waals surface area contributed by atoms with Gasteiger partial charge in [0.15, 0.2) is 0 Å². The molecule has 1 fully saturated rings. The Hall–Kier alpha value is -2.29. The number of halogens is 1.